The first kappa shape index (κ1) is 21.0. The quantitative estimate of drug-likeness (QED) is 0.766. The van der Waals surface area contributed by atoms with Crippen LogP contribution in [-0.2, 0) is 4.79 Å². The summed E-state index contributed by atoms with van der Waals surface area (Å²) in [7, 11) is 0. The lowest BCUT2D eigenvalue weighted by Gasteiger charge is -2.40. The van der Waals surface area contributed by atoms with E-state index in [0.29, 0.717) is 38.0 Å². The van der Waals surface area contributed by atoms with Gasteiger partial charge >= 0.3 is 6.18 Å². The molecule has 1 amide bonds. The van der Waals surface area contributed by atoms with E-state index in [9.17, 15) is 22.4 Å². The third-order valence-electron chi connectivity index (χ3n) is 5.25. The van der Waals surface area contributed by atoms with Gasteiger partial charge < -0.3 is 10.2 Å². The van der Waals surface area contributed by atoms with E-state index >= 15 is 0 Å². The van der Waals surface area contributed by atoms with Crippen molar-refractivity contribution in [3.63, 3.8) is 0 Å². The van der Waals surface area contributed by atoms with Gasteiger partial charge in [-0.15, -0.1) is 12.4 Å². The molecule has 3 atom stereocenters. The number of piperazine rings is 1. The number of hydrogen-bond acceptors (Lipinski definition) is 2. The van der Waals surface area contributed by atoms with Crippen LogP contribution in [0.5, 0.6) is 0 Å². The number of benzene rings is 1. The van der Waals surface area contributed by atoms with Crippen molar-refractivity contribution in [2.24, 2.45) is 11.8 Å². The van der Waals surface area contributed by atoms with E-state index < -0.39 is 18.0 Å². The van der Waals surface area contributed by atoms with Crippen LogP contribution in [-0.4, -0.2) is 36.6 Å². The Morgan fingerprint density at radius 1 is 1.23 bits per heavy atom. The number of carbonyl (C=O) groups excluding carboxylic acids is 1. The van der Waals surface area contributed by atoms with Gasteiger partial charge in [0.15, 0.2) is 0 Å². The fourth-order valence-corrected chi connectivity index (χ4v) is 3.93. The molecule has 3 nitrogen and oxygen atoms in total. The topological polar surface area (TPSA) is 32.3 Å². The van der Waals surface area contributed by atoms with Gasteiger partial charge in [0.1, 0.15) is 5.82 Å². The van der Waals surface area contributed by atoms with Crippen LogP contribution in [0.2, 0.25) is 0 Å². The Balaban J connectivity index is 0.00000243. The van der Waals surface area contributed by atoms with Crippen molar-refractivity contribution in [3.8, 4) is 0 Å². The van der Waals surface area contributed by atoms with Gasteiger partial charge in [-0.25, -0.2) is 4.39 Å². The van der Waals surface area contributed by atoms with Crippen LogP contribution < -0.4 is 5.32 Å². The second kappa shape index (κ2) is 8.57. The van der Waals surface area contributed by atoms with E-state index in [1.54, 1.807) is 17.0 Å². The highest BCUT2D eigenvalue weighted by molar-refractivity contribution is 5.85. The number of carbonyl (C=O) groups is 1. The van der Waals surface area contributed by atoms with Gasteiger partial charge in [0, 0.05) is 25.6 Å². The normalized spacial score (nSPS) is 26.9. The standard InChI is InChI=1S/C18H22F4N2O.ClH/c19-15-6-2-3-12(10-15)16-11-23-7-8-24(16)17(25)13-4-1-5-14(9-13)18(20,21)22;/h2-3,6,10,13-14,16,23H,1,4-5,7-9,11H2;1H. The molecule has 1 saturated heterocycles. The molecule has 1 saturated carbocycles. The van der Waals surface area contributed by atoms with E-state index in [0.717, 1.165) is 0 Å². The Bertz CT molecular complexity index is 625. The first-order valence-corrected chi connectivity index (χ1v) is 8.69. The molecule has 1 aliphatic heterocycles. The third-order valence-corrected chi connectivity index (χ3v) is 5.25. The molecule has 2 fully saturated rings. The molecule has 1 aromatic rings. The smallest absolute Gasteiger partial charge is 0.333 e. The molecule has 3 rings (SSSR count). The maximum absolute atomic E-state index is 13.5. The Labute approximate surface area is 156 Å². The van der Waals surface area contributed by atoms with Crippen LogP contribution >= 0.6 is 12.4 Å². The molecule has 26 heavy (non-hydrogen) atoms. The van der Waals surface area contributed by atoms with E-state index in [4.69, 9.17) is 0 Å². The van der Waals surface area contributed by atoms with Crippen molar-refractivity contribution in [2.45, 2.75) is 37.9 Å². The van der Waals surface area contributed by atoms with Crippen molar-refractivity contribution >= 4 is 18.3 Å². The second-order valence-corrected chi connectivity index (χ2v) is 6.91. The summed E-state index contributed by atoms with van der Waals surface area (Å²) in [4.78, 5) is 14.6. The molecule has 0 aromatic heterocycles. The minimum Gasteiger partial charge on any atom is -0.333 e. The lowest BCUT2D eigenvalue weighted by atomic mass is 9.80. The minimum atomic E-state index is -4.25. The van der Waals surface area contributed by atoms with Gasteiger partial charge in [0.25, 0.3) is 0 Å². The molecular weight excluding hydrogens is 372 g/mol. The maximum Gasteiger partial charge on any atom is 0.391 e. The summed E-state index contributed by atoms with van der Waals surface area (Å²) in [6, 6.07) is 5.71. The number of nitrogens with one attached hydrogen (secondary N) is 1. The molecule has 1 aromatic carbocycles. The van der Waals surface area contributed by atoms with Gasteiger partial charge in [-0.2, -0.15) is 13.2 Å². The van der Waals surface area contributed by atoms with Crippen LogP contribution in [0, 0.1) is 17.7 Å². The number of rotatable bonds is 2. The van der Waals surface area contributed by atoms with Crippen molar-refractivity contribution < 1.29 is 22.4 Å². The molecule has 3 unspecified atom stereocenters. The van der Waals surface area contributed by atoms with E-state index in [1.165, 1.54) is 12.1 Å². The van der Waals surface area contributed by atoms with Crippen LogP contribution in [0.1, 0.15) is 37.3 Å². The Morgan fingerprint density at radius 3 is 2.69 bits per heavy atom. The second-order valence-electron chi connectivity index (χ2n) is 6.91. The van der Waals surface area contributed by atoms with Crippen LogP contribution in [0.15, 0.2) is 24.3 Å². The minimum absolute atomic E-state index is 0. The molecule has 146 valence electrons. The molecule has 1 heterocycles. The fourth-order valence-electron chi connectivity index (χ4n) is 3.93. The predicted molar refractivity (Wildman–Crippen MR) is 92.5 cm³/mol. The van der Waals surface area contributed by atoms with Gasteiger partial charge in [-0.1, -0.05) is 18.6 Å². The molecule has 1 N–H and O–H groups in total. The number of amides is 1. The highest BCUT2D eigenvalue weighted by atomic mass is 35.5. The number of halogens is 5. The Morgan fingerprint density at radius 2 is 2.00 bits per heavy atom. The highest BCUT2D eigenvalue weighted by Gasteiger charge is 2.45. The van der Waals surface area contributed by atoms with Crippen LogP contribution in [0.25, 0.3) is 0 Å². The van der Waals surface area contributed by atoms with Crippen molar-refractivity contribution in [3.05, 3.63) is 35.6 Å². The zero-order valence-corrected chi connectivity index (χ0v) is 15.1. The zero-order chi connectivity index (χ0) is 18.0. The molecule has 8 heteroatoms. The fraction of sp³-hybridized carbons (Fsp3) is 0.611. The first-order valence-electron chi connectivity index (χ1n) is 8.69. The van der Waals surface area contributed by atoms with E-state index in [2.05, 4.69) is 5.32 Å². The lowest BCUT2D eigenvalue weighted by molar-refractivity contribution is -0.187. The first-order chi connectivity index (χ1) is 11.9. The molecule has 1 aliphatic carbocycles. The summed E-state index contributed by atoms with van der Waals surface area (Å²) >= 11 is 0. The summed E-state index contributed by atoms with van der Waals surface area (Å²) in [5, 5.41) is 3.18. The maximum atomic E-state index is 13.5. The van der Waals surface area contributed by atoms with Crippen molar-refractivity contribution in [1.29, 1.82) is 0 Å². The third kappa shape index (κ3) is 4.68. The van der Waals surface area contributed by atoms with Crippen LogP contribution in [0.3, 0.4) is 0 Å². The highest BCUT2D eigenvalue weighted by Crippen LogP contribution is 2.41. The monoisotopic (exact) mass is 394 g/mol. The molecule has 0 bridgehead atoms. The lowest BCUT2D eigenvalue weighted by Crippen LogP contribution is -2.51. The SMILES string of the molecule is Cl.O=C(C1CCCC(C(F)(F)F)C1)N1CCNCC1c1cccc(F)c1. The van der Waals surface area contributed by atoms with Crippen LogP contribution in [0.4, 0.5) is 17.6 Å². The average molecular weight is 395 g/mol. The zero-order valence-electron chi connectivity index (χ0n) is 14.3. The van der Waals surface area contributed by atoms with Gasteiger partial charge in [-0.3, -0.25) is 4.79 Å². The largest absolute Gasteiger partial charge is 0.391 e. The van der Waals surface area contributed by atoms with Gasteiger partial charge in [-0.05, 0) is 37.0 Å². The summed E-state index contributed by atoms with van der Waals surface area (Å²) in [5.74, 6) is -2.62. The summed E-state index contributed by atoms with van der Waals surface area (Å²) < 4.78 is 52.6. The summed E-state index contributed by atoms with van der Waals surface area (Å²) in [5.41, 5.74) is 0.670. The molecule has 0 radical (unpaired) electrons. The number of alkyl halides is 3. The summed E-state index contributed by atoms with van der Waals surface area (Å²) in [6.07, 6.45) is -3.38. The van der Waals surface area contributed by atoms with Crippen molar-refractivity contribution in [2.75, 3.05) is 19.6 Å². The molecule has 0 spiro atoms. The van der Waals surface area contributed by atoms with Gasteiger partial charge in [0.05, 0.1) is 12.0 Å². The molecular formula is C18H23ClF4N2O. The molecule has 2 aliphatic rings. The van der Waals surface area contributed by atoms with Gasteiger partial charge in [0.2, 0.25) is 5.91 Å². The van der Waals surface area contributed by atoms with E-state index in [1.807, 2.05) is 0 Å². The number of hydrogen-bond donors (Lipinski definition) is 1. The Kier molecular flexibility index (Phi) is 6.91. The number of nitrogens with zero attached hydrogens (tertiary/aromatic N) is 1. The van der Waals surface area contributed by atoms with Crippen molar-refractivity contribution in [1.82, 2.24) is 10.2 Å². The summed E-state index contributed by atoms with van der Waals surface area (Å²) in [6.45, 7) is 1.49. The Hall–Kier alpha value is -1.34. The average Bonchev–Trinajstić information content (AvgIpc) is 2.60. The van der Waals surface area contributed by atoms with E-state index in [-0.39, 0.29) is 43.0 Å². The predicted octanol–water partition coefficient (Wildman–Crippen LogP) is 4.09.